The fourth-order valence-electron chi connectivity index (χ4n) is 1.52. The van der Waals surface area contributed by atoms with Gasteiger partial charge in [0.1, 0.15) is 17.6 Å². The minimum absolute atomic E-state index is 0. The molecule has 0 heterocycles. The van der Waals surface area contributed by atoms with Crippen LogP contribution in [0.15, 0.2) is 30.0 Å². The third kappa shape index (κ3) is 6.87. The summed E-state index contributed by atoms with van der Waals surface area (Å²) in [4.78, 5) is 0. The molecule has 0 aliphatic heterocycles. The second-order valence-corrected chi connectivity index (χ2v) is 4.10. The number of hydrogen-bond acceptors (Lipinski definition) is 2. The summed E-state index contributed by atoms with van der Waals surface area (Å²) in [7, 11) is 1.71. The van der Waals surface area contributed by atoms with Crippen molar-refractivity contribution in [2.75, 3.05) is 13.7 Å². The van der Waals surface area contributed by atoms with Gasteiger partial charge in [0.25, 0.3) is 0 Å². The van der Waals surface area contributed by atoms with Crippen LogP contribution >= 0.6 is 0 Å². The number of likely N-dealkylation sites (N-methyl/N-ethyl adjacent to an activating group) is 1. The fraction of sp³-hybridized carbons (Fsp3) is 0.400. The first-order valence-corrected chi connectivity index (χ1v) is 6.32. The van der Waals surface area contributed by atoms with Crippen LogP contribution in [-0.2, 0) is 0 Å². The first-order valence-electron chi connectivity index (χ1n) is 6.32. The van der Waals surface area contributed by atoms with E-state index in [9.17, 15) is 4.39 Å². The molecule has 1 rings (SSSR count). The van der Waals surface area contributed by atoms with Crippen LogP contribution in [0.2, 0.25) is 0 Å². The Bertz CT molecular complexity index is 483. The second kappa shape index (κ2) is 11.3. The zero-order chi connectivity index (χ0) is 14.1. The number of allylic oxidation sites excluding steroid dienone is 1. The van der Waals surface area contributed by atoms with Crippen molar-refractivity contribution in [2.24, 2.45) is 0 Å². The summed E-state index contributed by atoms with van der Waals surface area (Å²) in [5.41, 5.74) is 0.865. The van der Waals surface area contributed by atoms with Crippen molar-refractivity contribution in [1.29, 1.82) is 5.26 Å². The molecule has 0 unspecified atom stereocenters. The molecule has 5 heteroatoms. The molecular weight excluding hydrogens is 282 g/mol. The molecule has 0 bridgehead atoms. The van der Waals surface area contributed by atoms with Crippen LogP contribution in [0.5, 0.6) is 5.75 Å². The molecule has 0 radical (unpaired) electrons. The summed E-state index contributed by atoms with van der Waals surface area (Å²) in [6, 6.07) is 5.99. The molecule has 0 fully saturated rings. The summed E-state index contributed by atoms with van der Waals surface area (Å²) in [5.74, 6) is -0.161. The van der Waals surface area contributed by atoms with Crippen LogP contribution in [0, 0.1) is 17.1 Å². The van der Waals surface area contributed by atoms with Crippen molar-refractivity contribution in [1.82, 2.24) is 0 Å². The SMILES string of the molecule is CCCC/C=C(\COc1ccc(C#N)c(F)c1)[N-]C.[K+]. The van der Waals surface area contributed by atoms with Crippen molar-refractivity contribution in [2.45, 2.75) is 26.2 Å². The molecule has 102 valence electrons. The van der Waals surface area contributed by atoms with E-state index in [-0.39, 0.29) is 56.9 Å². The van der Waals surface area contributed by atoms with Gasteiger partial charge in [-0.1, -0.05) is 19.8 Å². The Morgan fingerprint density at radius 2 is 2.25 bits per heavy atom. The molecule has 0 spiro atoms. The van der Waals surface area contributed by atoms with E-state index in [1.165, 1.54) is 12.1 Å². The largest absolute Gasteiger partial charge is 1.00 e. The average Bonchev–Trinajstić information content (AvgIpc) is 2.43. The van der Waals surface area contributed by atoms with Gasteiger partial charge < -0.3 is 10.1 Å². The second-order valence-electron chi connectivity index (χ2n) is 4.10. The first-order chi connectivity index (χ1) is 9.21. The Morgan fingerprint density at radius 1 is 1.50 bits per heavy atom. The molecule has 0 saturated heterocycles. The predicted octanol–water partition coefficient (Wildman–Crippen LogP) is 1.16. The maximum atomic E-state index is 13.4. The summed E-state index contributed by atoms with van der Waals surface area (Å²) < 4.78 is 18.8. The van der Waals surface area contributed by atoms with E-state index in [1.54, 1.807) is 19.2 Å². The summed E-state index contributed by atoms with van der Waals surface area (Å²) >= 11 is 0. The van der Waals surface area contributed by atoms with Gasteiger partial charge in [0.2, 0.25) is 0 Å². The van der Waals surface area contributed by atoms with Crippen LogP contribution < -0.4 is 56.1 Å². The van der Waals surface area contributed by atoms with Gasteiger partial charge in [0.15, 0.2) is 0 Å². The smallest absolute Gasteiger partial charge is 0.688 e. The third-order valence-electron chi connectivity index (χ3n) is 2.67. The molecule has 0 aliphatic rings. The number of benzene rings is 1. The van der Waals surface area contributed by atoms with E-state index < -0.39 is 5.82 Å². The fourth-order valence-corrected chi connectivity index (χ4v) is 1.52. The van der Waals surface area contributed by atoms with Crippen molar-refractivity contribution >= 4 is 0 Å². The van der Waals surface area contributed by atoms with Crippen LogP contribution in [0.4, 0.5) is 4.39 Å². The number of rotatable bonds is 7. The molecule has 0 saturated carbocycles. The maximum Gasteiger partial charge on any atom is 1.00 e. The standard InChI is InChI=1S/C15H18FN2O.K/c1-3-4-5-6-13(18-2)11-19-14-8-7-12(10-17)15(16)9-14;/h6-9H,3-5,11H2,1-2H3;/q-1;+1/b13-6+;. The third-order valence-corrected chi connectivity index (χ3v) is 2.67. The van der Waals surface area contributed by atoms with Crippen LogP contribution in [0.1, 0.15) is 31.7 Å². The minimum atomic E-state index is -0.565. The number of nitriles is 1. The molecule has 0 aromatic heterocycles. The summed E-state index contributed by atoms with van der Waals surface area (Å²) in [6.07, 6.45) is 5.25. The van der Waals surface area contributed by atoms with Crippen LogP contribution in [0.25, 0.3) is 5.32 Å². The van der Waals surface area contributed by atoms with E-state index >= 15 is 0 Å². The van der Waals surface area contributed by atoms with Gasteiger partial charge in [-0.15, -0.1) is 18.8 Å². The zero-order valence-corrected chi connectivity index (χ0v) is 15.4. The molecule has 0 amide bonds. The van der Waals surface area contributed by atoms with Crippen LogP contribution in [0.3, 0.4) is 0 Å². The van der Waals surface area contributed by atoms with Gasteiger partial charge in [0.05, 0.1) is 12.2 Å². The Balaban J connectivity index is 0.00000361. The number of hydrogen-bond donors (Lipinski definition) is 0. The molecule has 0 atom stereocenters. The Labute approximate surface area is 162 Å². The molecule has 1 aromatic rings. The van der Waals surface area contributed by atoms with E-state index in [0.717, 1.165) is 25.0 Å². The van der Waals surface area contributed by atoms with Gasteiger partial charge in [-0.25, -0.2) is 4.39 Å². The molecular formula is C15H18FKN2O. The summed E-state index contributed by atoms with van der Waals surface area (Å²) in [5, 5.41) is 12.8. The monoisotopic (exact) mass is 300 g/mol. The molecule has 20 heavy (non-hydrogen) atoms. The van der Waals surface area contributed by atoms with Crippen molar-refractivity contribution in [3.63, 3.8) is 0 Å². The van der Waals surface area contributed by atoms with E-state index in [4.69, 9.17) is 10.00 Å². The van der Waals surface area contributed by atoms with E-state index in [2.05, 4.69) is 12.2 Å². The minimum Gasteiger partial charge on any atom is -0.688 e. The van der Waals surface area contributed by atoms with Gasteiger partial charge in [0, 0.05) is 6.07 Å². The average molecular weight is 300 g/mol. The van der Waals surface area contributed by atoms with Crippen LogP contribution in [-0.4, -0.2) is 13.7 Å². The quantitative estimate of drug-likeness (QED) is 0.560. The topological polar surface area (TPSA) is 47.1 Å². The normalized spacial score (nSPS) is 10.4. The van der Waals surface area contributed by atoms with Gasteiger partial charge in [-0.3, -0.25) is 0 Å². The van der Waals surface area contributed by atoms with Crippen molar-refractivity contribution < 1.29 is 60.5 Å². The Morgan fingerprint density at radius 3 is 2.80 bits per heavy atom. The number of ether oxygens (including phenoxy) is 1. The van der Waals surface area contributed by atoms with Gasteiger partial charge in [-0.2, -0.15) is 5.26 Å². The predicted molar refractivity (Wildman–Crippen MR) is 73.5 cm³/mol. The Hall–Kier alpha value is -0.384. The summed E-state index contributed by atoms with van der Waals surface area (Å²) in [6.45, 7) is 2.44. The zero-order valence-electron chi connectivity index (χ0n) is 12.3. The maximum absolute atomic E-state index is 13.4. The van der Waals surface area contributed by atoms with E-state index in [0.29, 0.717) is 12.4 Å². The molecule has 1 aromatic carbocycles. The molecule has 3 nitrogen and oxygen atoms in total. The van der Waals surface area contributed by atoms with Gasteiger partial charge in [-0.05, 0) is 18.6 Å². The van der Waals surface area contributed by atoms with E-state index in [1.807, 2.05) is 6.08 Å². The van der Waals surface area contributed by atoms with Crippen molar-refractivity contribution in [3.05, 3.63) is 46.7 Å². The Kier molecular flexibility index (Phi) is 11.1. The number of nitrogens with zero attached hydrogens (tertiary/aromatic N) is 2. The van der Waals surface area contributed by atoms with Crippen molar-refractivity contribution in [3.8, 4) is 11.8 Å². The van der Waals surface area contributed by atoms with Gasteiger partial charge >= 0.3 is 51.4 Å². The molecule has 0 N–H and O–H groups in total. The molecule has 0 aliphatic carbocycles. The number of halogens is 1. The first kappa shape index (κ1) is 19.6. The number of unbranched alkanes of at least 4 members (excludes halogenated alkanes) is 2.